The molecule has 0 aromatic rings. The molecule has 1 N–H and O–H groups in total. The summed E-state index contributed by atoms with van der Waals surface area (Å²) in [5, 5.41) is 8.04. The van der Waals surface area contributed by atoms with Crippen LogP contribution in [0.4, 0.5) is 13.2 Å². The van der Waals surface area contributed by atoms with Crippen LogP contribution in [-0.2, 0) is 4.74 Å². The van der Waals surface area contributed by atoms with Crippen LogP contribution in [0.25, 0.3) is 0 Å². The van der Waals surface area contributed by atoms with Crippen molar-refractivity contribution < 1.29 is 23.0 Å². The first kappa shape index (κ1) is 8.71. The first-order chi connectivity index (χ1) is 3.98. The fourth-order valence-electron chi connectivity index (χ4n) is 0.252. The summed E-state index contributed by atoms with van der Waals surface area (Å²) in [6.07, 6.45) is -7.29. The van der Waals surface area contributed by atoms with E-state index in [1.165, 1.54) is 6.92 Å². The minimum Gasteiger partial charge on any atom is -0.361 e. The molecule has 0 aromatic carbocycles. The lowest BCUT2D eigenvalue weighted by Gasteiger charge is -2.12. The van der Waals surface area contributed by atoms with E-state index in [9.17, 15) is 13.2 Å². The average molecular weight is 144 g/mol. The minimum absolute atomic E-state index is 0.152. The van der Waals surface area contributed by atoms with Crippen LogP contribution in [0.1, 0.15) is 6.92 Å². The van der Waals surface area contributed by atoms with Gasteiger partial charge in [-0.2, -0.15) is 13.2 Å². The van der Waals surface area contributed by atoms with Crippen LogP contribution in [-0.4, -0.2) is 24.2 Å². The SMILES string of the molecule is CCO[C@@H](O)C(F)(F)F. The van der Waals surface area contributed by atoms with E-state index in [0.717, 1.165) is 0 Å². The predicted molar refractivity (Wildman–Crippen MR) is 23.7 cm³/mol. The molecule has 0 amide bonds. The number of hydrogen-bond acceptors (Lipinski definition) is 2. The van der Waals surface area contributed by atoms with Gasteiger partial charge in [-0.3, -0.25) is 0 Å². The Bertz CT molecular complexity index is 80.4. The van der Waals surface area contributed by atoms with Gasteiger partial charge in [-0.1, -0.05) is 0 Å². The smallest absolute Gasteiger partial charge is 0.361 e. The number of rotatable bonds is 2. The number of halogens is 3. The molecule has 2 nitrogen and oxygen atoms in total. The van der Waals surface area contributed by atoms with Gasteiger partial charge in [0.15, 0.2) is 0 Å². The van der Waals surface area contributed by atoms with Crippen LogP contribution in [0.5, 0.6) is 0 Å². The van der Waals surface area contributed by atoms with E-state index in [1.807, 2.05) is 0 Å². The van der Waals surface area contributed by atoms with Gasteiger partial charge < -0.3 is 9.84 Å². The predicted octanol–water partition coefficient (Wildman–Crippen LogP) is 0.904. The van der Waals surface area contributed by atoms with Crippen molar-refractivity contribution in [3.63, 3.8) is 0 Å². The number of aliphatic hydroxyl groups is 1. The monoisotopic (exact) mass is 144 g/mol. The number of alkyl halides is 3. The van der Waals surface area contributed by atoms with Gasteiger partial charge in [0.1, 0.15) is 0 Å². The maximum Gasteiger partial charge on any atom is 0.439 e. The Balaban J connectivity index is 3.59. The van der Waals surface area contributed by atoms with Crippen molar-refractivity contribution in [1.29, 1.82) is 0 Å². The summed E-state index contributed by atoms with van der Waals surface area (Å²) in [4.78, 5) is 0. The largest absolute Gasteiger partial charge is 0.439 e. The molecule has 0 saturated heterocycles. The van der Waals surface area contributed by atoms with E-state index in [1.54, 1.807) is 0 Å². The summed E-state index contributed by atoms with van der Waals surface area (Å²) >= 11 is 0. The Morgan fingerprint density at radius 1 is 1.56 bits per heavy atom. The summed E-state index contributed by atoms with van der Waals surface area (Å²) in [6, 6.07) is 0. The van der Waals surface area contributed by atoms with Crippen molar-refractivity contribution in [3.05, 3.63) is 0 Å². The van der Waals surface area contributed by atoms with Gasteiger partial charge in [-0.25, -0.2) is 0 Å². The molecule has 0 spiro atoms. The van der Waals surface area contributed by atoms with Gasteiger partial charge in [0.05, 0.1) is 0 Å². The zero-order valence-corrected chi connectivity index (χ0v) is 4.77. The molecule has 5 heteroatoms. The van der Waals surface area contributed by atoms with E-state index in [2.05, 4.69) is 4.74 Å². The maximum atomic E-state index is 11.3. The first-order valence-electron chi connectivity index (χ1n) is 2.35. The Labute approximate surface area is 50.2 Å². The molecule has 0 fully saturated rings. The van der Waals surface area contributed by atoms with Gasteiger partial charge in [-0.15, -0.1) is 0 Å². The van der Waals surface area contributed by atoms with Crippen LogP contribution >= 0.6 is 0 Å². The second-order valence-corrected chi connectivity index (χ2v) is 1.35. The molecule has 0 radical (unpaired) electrons. The molecule has 0 heterocycles. The lowest BCUT2D eigenvalue weighted by Crippen LogP contribution is -2.31. The summed E-state index contributed by atoms with van der Waals surface area (Å²) in [5.74, 6) is 0. The van der Waals surface area contributed by atoms with Gasteiger partial charge in [0.2, 0.25) is 0 Å². The standard InChI is InChI=1S/C4H7F3O2/c1-2-9-3(8)4(5,6)7/h3,8H,2H2,1H3/t3-/m1/s1. The minimum atomic E-state index is -4.66. The van der Waals surface area contributed by atoms with Gasteiger partial charge >= 0.3 is 6.18 Å². The zero-order chi connectivity index (χ0) is 7.49. The highest BCUT2D eigenvalue weighted by Crippen LogP contribution is 2.20. The van der Waals surface area contributed by atoms with Gasteiger partial charge in [0, 0.05) is 6.61 Å². The average Bonchev–Trinajstić information content (AvgIpc) is 1.64. The van der Waals surface area contributed by atoms with Gasteiger partial charge in [-0.05, 0) is 6.92 Å². The zero-order valence-electron chi connectivity index (χ0n) is 4.77. The normalized spacial score (nSPS) is 15.7. The van der Waals surface area contributed by atoms with E-state index in [-0.39, 0.29) is 6.61 Å². The summed E-state index contributed by atoms with van der Waals surface area (Å²) in [6.45, 7) is 1.22. The molecule has 1 atom stereocenters. The fourth-order valence-corrected chi connectivity index (χ4v) is 0.252. The number of aliphatic hydroxyl groups excluding tert-OH is 1. The molecule has 0 saturated carbocycles. The van der Waals surface area contributed by atoms with Crippen LogP contribution in [0.15, 0.2) is 0 Å². The molecule has 0 aromatic heterocycles. The highest BCUT2D eigenvalue weighted by Gasteiger charge is 2.38. The third-order valence-corrected chi connectivity index (χ3v) is 0.605. The molecule has 0 aliphatic heterocycles. The topological polar surface area (TPSA) is 29.5 Å². The molecule has 0 aliphatic carbocycles. The lowest BCUT2D eigenvalue weighted by atomic mass is 10.6. The van der Waals surface area contributed by atoms with Crippen molar-refractivity contribution in [2.24, 2.45) is 0 Å². The fraction of sp³-hybridized carbons (Fsp3) is 1.00. The van der Waals surface area contributed by atoms with Gasteiger partial charge in [0.25, 0.3) is 6.29 Å². The third-order valence-electron chi connectivity index (χ3n) is 0.605. The second kappa shape index (κ2) is 3.03. The molecule has 56 valence electrons. The van der Waals surface area contributed by atoms with Crippen molar-refractivity contribution in [3.8, 4) is 0 Å². The summed E-state index contributed by atoms with van der Waals surface area (Å²) in [5.41, 5.74) is 0. The van der Waals surface area contributed by atoms with Crippen LogP contribution in [0, 0.1) is 0 Å². The van der Waals surface area contributed by atoms with Crippen molar-refractivity contribution >= 4 is 0 Å². The quantitative estimate of drug-likeness (QED) is 0.583. The van der Waals surface area contributed by atoms with Crippen molar-refractivity contribution in [1.82, 2.24) is 0 Å². The van der Waals surface area contributed by atoms with Crippen molar-refractivity contribution in [2.45, 2.75) is 19.4 Å². The lowest BCUT2D eigenvalue weighted by molar-refractivity contribution is -0.292. The Morgan fingerprint density at radius 2 is 2.00 bits per heavy atom. The first-order valence-corrected chi connectivity index (χ1v) is 2.35. The molecule has 0 unspecified atom stereocenters. The van der Waals surface area contributed by atoms with Crippen LogP contribution in [0.3, 0.4) is 0 Å². The Kier molecular flexibility index (Phi) is 2.93. The molecule has 9 heavy (non-hydrogen) atoms. The summed E-state index contributed by atoms with van der Waals surface area (Å²) < 4.78 is 37.6. The highest BCUT2D eigenvalue weighted by molar-refractivity contribution is 4.51. The third kappa shape index (κ3) is 3.31. The van der Waals surface area contributed by atoms with E-state index >= 15 is 0 Å². The molecular formula is C4H7F3O2. The Hall–Kier alpha value is -0.290. The van der Waals surface area contributed by atoms with Crippen molar-refractivity contribution in [2.75, 3.05) is 6.61 Å². The van der Waals surface area contributed by atoms with E-state index in [0.29, 0.717) is 0 Å². The van der Waals surface area contributed by atoms with Crippen LogP contribution < -0.4 is 0 Å². The second-order valence-electron chi connectivity index (χ2n) is 1.35. The molecule has 0 aliphatic rings. The van der Waals surface area contributed by atoms with Crippen LogP contribution in [0.2, 0.25) is 0 Å². The van der Waals surface area contributed by atoms with E-state index in [4.69, 9.17) is 5.11 Å². The molecule has 0 bridgehead atoms. The highest BCUT2D eigenvalue weighted by atomic mass is 19.4. The molecular weight excluding hydrogens is 137 g/mol. The maximum absolute atomic E-state index is 11.3. The molecule has 0 rings (SSSR count). The summed E-state index contributed by atoms with van der Waals surface area (Å²) in [7, 11) is 0. The number of ether oxygens (including phenoxy) is 1. The Morgan fingerprint density at radius 3 is 2.11 bits per heavy atom. The van der Waals surface area contributed by atoms with E-state index < -0.39 is 12.5 Å². The number of hydrogen-bond donors (Lipinski definition) is 1.